The molecule has 2 aromatic heterocycles. The molecule has 1 aliphatic heterocycles. The number of para-hydroxylation sites is 1. The average Bonchev–Trinajstić information content (AvgIpc) is 2.75. The third kappa shape index (κ3) is 4.25. The van der Waals surface area contributed by atoms with Gasteiger partial charge >= 0.3 is 0 Å². The molecular formula is C23H26N2O3. The zero-order valence-electron chi connectivity index (χ0n) is 16.2. The number of aromatic nitrogens is 2. The smallest absolute Gasteiger partial charge is 0.192 e. The van der Waals surface area contributed by atoms with E-state index in [2.05, 4.69) is 9.97 Å². The Hall–Kier alpha value is -2.66. The standard InChI is InChI=1S/C23H26N2O3/c1-16-22(25-21-5-3-2-4-20(21)23(16)26)15-28-19-9-8-18(24-14-19)7-6-17-10-12-27-13-11-17/h2-5,8-9,14,17H,6-7,10-13,15H2,1H3,(H,25,26). The van der Waals surface area contributed by atoms with Gasteiger partial charge < -0.3 is 14.5 Å². The van der Waals surface area contributed by atoms with E-state index in [0.717, 1.165) is 61.7 Å². The number of nitrogens with zero attached hydrogens (tertiary/aromatic N) is 1. The van der Waals surface area contributed by atoms with Gasteiger partial charge in [0, 0.05) is 35.4 Å². The van der Waals surface area contributed by atoms with E-state index in [4.69, 9.17) is 9.47 Å². The van der Waals surface area contributed by atoms with Crippen molar-refractivity contribution in [2.45, 2.75) is 39.2 Å². The van der Waals surface area contributed by atoms with Gasteiger partial charge in [-0.15, -0.1) is 0 Å². The highest BCUT2D eigenvalue weighted by molar-refractivity contribution is 5.79. The van der Waals surface area contributed by atoms with Crippen LogP contribution in [0, 0.1) is 12.8 Å². The summed E-state index contributed by atoms with van der Waals surface area (Å²) in [6.45, 7) is 3.93. The Labute approximate surface area is 164 Å². The third-order valence-electron chi connectivity index (χ3n) is 5.58. The van der Waals surface area contributed by atoms with Crippen LogP contribution >= 0.6 is 0 Å². The van der Waals surface area contributed by atoms with E-state index < -0.39 is 0 Å². The molecule has 3 heterocycles. The van der Waals surface area contributed by atoms with Crippen LogP contribution in [0.4, 0.5) is 0 Å². The molecule has 0 aliphatic carbocycles. The van der Waals surface area contributed by atoms with Crippen molar-refractivity contribution >= 4 is 10.9 Å². The van der Waals surface area contributed by atoms with E-state index >= 15 is 0 Å². The van der Waals surface area contributed by atoms with E-state index in [-0.39, 0.29) is 5.43 Å². The molecule has 4 rings (SSSR count). The van der Waals surface area contributed by atoms with Crippen molar-refractivity contribution in [2.24, 2.45) is 5.92 Å². The Morgan fingerprint density at radius 2 is 2.00 bits per heavy atom. The van der Waals surface area contributed by atoms with Crippen molar-refractivity contribution in [3.63, 3.8) is 0 Å². The predicted octanol–water partition coefficient (Wildman–Crippen LogP) is 4.17. The van der Waals surface area contributed by atoms with Crippen LogP contribution in [0.1, 0.15) is 36.2 Å². The molecule has 28 heavy (non-hydrogen) atoms. The van der Waals surface area contributed by atoms with Crippen LogP contribution in [0.25, 0.3) is 10.9 Å². The third-order valence-corrected chi connectivity index (χ3v) is 5.58. The summed E-state index contributed by atoms with van der Waals surface area (Å²) < 4.78 is 11.3. The fraction of sp³-hybridized carbons (Fsp3) is 0.391. The largest absolute Gasteiger partial charge is 0.486 e. The van der Waals surface area contributed by atoms with E-state index in [1.165, 1.54) is 0 Å². The van der Waals surface area contributed by atoms with Gasteiger partial charge in [0.2, 0.25) is 0 Å². The zero-order valence-corrected chi connectivity index (χ0v) is 16.2. The molecule has 5 heteroatoms. The van der Waals surface area contributed by atoms with Gasteiger partial charge in [-0.3, -0.25) is 9.78 Å². The number of rotatable bonds is 6. The molecular weight excluding hydrogens is 352 g/mol. The fourth-order valence-electron chi connectivity index (χ4n) is 3.72. The minimum absolute atomic E-state index is 0.0505. The normalized spacial score (nSPS) is 15.0. The molecule has 0 bridgehead atoms. The molecule has 0 atom stereocenters. The number of ether oxygens (including phenoxy) is 2. The van der Waals surface area contributed by atoms with Crippen LogP contribution in [0.3, 0.4) is 0 Å². The summed E-state index contributed by atoms with van der Waals surface area (Å²) in [5.74, 6) is 1.46. The maximum atomic E-state index is 12.5. The summed E-state index contributed by atoms with van der Waals surface area (Å²) in [4.78, 5) is 20.4. The van der Waals surface area contributed by atoms with Crippen LogP contribution in [0.2, 0.25) is 0 Å². The summed E-state index contributed by atoms with van der Waals surface area (Å²) in [6, 6.07) is 11.5. The van der Waals surface area contributed by atoms with Crippen LogP contribution < -0.4 is 10.2 Å². The van der Waals surface area contributed by atoms with Gasteiger partial charge in [-0.1, -0.05) is 12.1 Å². The Morgan fingerprint density at radius 1 is 1.18 bits per heavy atom. The fourth-order valence-corrected chi connectivity index (χ4v) is 3.72. The van der Waals surface area contributed by atoms with Crippen molar-refractivity contribution in [3.8, 4) is 5.75 Å². The van der Waals surface area contributed by atoms with Gasteiger partial charge in [-0.05, 0) is 62.8 Å². The lowest BCUT2D eigenvalue weighted by Gasteiger charge is -2.21. The van der Waals surface area contributed by atoms with Crippen molar-refractivity contribution in [3.05, 3.63) is 69.8 Å². The molecule has 1 saturated heterocycles. The predicted molar refractivity (Wildman–Crippen MR) is 110 cm³/mol. The van der Waals surface area contributed by atoms with Gasteiger partial charge in [-0.25, -0.2) is 0 Å². The molecule has 146 valence electrons. The molecule has 1 aromatic carbocycles. The molecule has 0 radical (unpaired) electrons. The van der Waals surface area contributed by atoms with Crippen LogP contribution in [-0.2, 0) is 17.8 Å². The van der Waals surface area contributed by atoms with Crippen molar-refractivity contribution in [1.29, 1.82) is 0 Å². The Kier molecular flexibility index (Phi) is 5.72. The minimum atomic E-state index is 0.0505. The number of fused-ring (bicyclic) bond motifs is 1. The first-order valence-electron chi connectivity index (χ1n) is 9.96. The lowest BCUT2D eigenvalue weighted by molar-refractivity contribution is 0.0639. The summed E-state index contributed by atoms with van der Waals surface area (Å²) in [6.07, 6.45) is 6.24. The summed E-state index contributed by atoms with van der Waals surface area (Å²) in [5.41, 5.74) is 3.47. The van der Waals surface area contributed by atoms with E-state index in [9.17, 15) is 4.79 Å². The van der Waals surface area contributed by atoms with Gasteiger partial charge in [0.25, 0.3) is 0 Å². The molecule has 1 fully saturated rings. The lowest BCUT2D eigenvalue weighted by atomic mass is 9.94. The number of aromatic amines is 1. The second-order valence-electron chi connectivity index (χ2n) is 7.47. The monoisotopic (exact) mass is 378 g/mol. The van der Waals surface area contributed by atoms with E-state index in [1.807, 2.05) is 43.3 Å². The highest BCUT2D eigenvalue weighted by Gasteiger charge is 2.14. The maximum absolute atomic E-state index is 12.5. The summed E-state index contributed by atoms with van der Waals surface area (Å²) in [7, 11) is 0. The lowest BCUT2D eigenvalue weighted by Crippen LogP contribution is -2.16. The molecule has 3 aromatic rings. The number of pyridine rings is 2. The molecule has 0 amide bonds. The number of hydrogen-bond donors (Lipinski definition) is 1. The Balaban J connectivity index is 1.38. The number of hydrogen-bond acceptors (Lipinski definition) is 4. The van der Waals surface area contributed by atoms with Crippen LogP contribution in [-0.4, -0.2) is 23.2 Å². The van der Waals surface area contributed by atoms with Crippen LogP contribution in [0.15, 0.2) is 47.4 Å². The second-order valence-corrected chi connectivity index (χ2v) is 7.47. The van der Waals surface area contributed by atoms with Gasteiger partial charge in [0.1, 0.15) is 12.4 Å². The molecule has 1 N–H and O–H groups in total. The Morgan fingerprint density at radius 3 is 2.79 bits per heavy atom. The first-order valence-corrected chi connectivity index (χ1v) is 9.96. The van der Waals surface area contributed by atoms with Crippen molar-refractivity contribution in [1.82, 2.24) is 9.97 Å². The SMILES string of the molecule is Cc1c(COc2ccc(CCC3CCOCC3)nc2)[nH]c2ccccc2c1=O. The van der Waals surface area contributed by atoms with Crippen LogP contribution in [0.5, 0.6) is 5.75 Å². The highest BCUT2D eigenvalue weighted by atomic mass is 16.5. The first-order chi connectivity index (χ1) is 13.7. The number of aryl methyl sites for hydroxylation is 1. The molecule has 5 nitrogen and oxygen atoms in total. The average molecular weight is 378 g/mol. The van der Waals surface area contributed by atoms with Gasteiger partial charge in [-0.2, -0.15) is 0 Å². The topological polar surface area (TPSA) is 64.2 Å². The number of nitrogens with one attached hydrogen (secondary N) is 1. The van der Waals surface area contributed by atoms with Crippen molar-refractivity contribution < 1.29 is 9.47 Å². The highest BCUT2D eigenvalue weighted by Crippen LogP contribution is 2.21. The van der Waals surface area contributed by atoms with Crippen molar-refractivity contribution in [2.75, 3.05) is 13.2 Å². The van der Waals surface area contributed by atoms with E-state index in [1.54, 1.807) is 6.20 Å². The molecule has 0 spiro atoms. The molecule has 0 unspecified atom stereocenters. The summed E-state index contributed by atoms with van der Waals surface area (Å²) >= 11 is 0. The van der Waals surface area contributed by atoms with Gasteiger partial charge in [0.15, 0.2) is 5.43 Å². The Bertz CT molecular complexity index is 989. The second kappa shape index (κ2) is 8.57. The molecule has 0 saturated carbocycles. The maximum Gasteiger partial charge on any atom is 0.192 e. The molecule has 1 aliphatic rings. The van der Waals surface area contributed by atoms with E-state index in [0.29, 0.717) is 23.3 Å². The van der Waals surface area contributed by atoms with Gasteiger partial charge in [0.05, 0.1) is 11.9 Å². The zero-order chi connectivity index (χ0) is 19.3. The minimum Gasteiger partial charge on any atom is -0.486 e. The number of benzene rings is 1. The first kappa shape index (κ1) is 18.7. The quantitative estimate of drug-likeness (QED) is 0.699. The summed E-state index contributed by atoms with van der Waals surface area (Å²) in [5, 5.41) is 0.708. The number of H-pyrrole nitrogens is 1.